The molecule has 0 saturated heterocycles. The van der Waals surface area contributed by atoms with Gasteiger partial charge in [-0.3, -0.25) is 19.7 Å². The number of anilines is 2. The number of benzene rings is 1. The van der Waals surface area contributed by atoms with Crippen LogP contribution in [0.2, 0.25) is 0 Å². The summed E-state index contributed by atoms with van der Waals surface area (Å²) in [5.41, 5.74) is 0.981. The molecule has 2 atom stereocenters. The number of carbonyl (C=O) groups is 3. The van der Waals surface area contributed by atoms with E-state index in [9.17, 15) is 19.5 Å². The Morgan fingerprint density at radius 3 is 2.35 bits per heavy atom. The maximum absolute atomic E-state index is 12.5. The third-order valence-electron chi connectivity index (χ3n) is 4.49. The van der Waals surface area contributed by atoms with Gasteiger partial charge < -0.3 is 10.4 Å². The number of aromatic nitrogens is 1. The molecule has 1 fully saturated rings. The highest BCUT2D eigenvalue weighted by Gasteiger charge is 2.35. The fourth-order valence-electron chi connectivity index (χ4n) is 3.13. The maximum Gasteiger partial charge on any atom is 0.307 e. The third kappa shape index (κ3) is 4.26. The summed E-state index contributed by atoms with van der Waals surface area (Å²) in [6.07, 6.45) is 4.41. The molecule has 1 saturated carbocycles. The number of hydrogen-bond acceptors (Lipinski definition) is 5. The van der Waals surface area contributed by atoms with Gasteiger partial charge in [-0.15, -0.1) is 11.3 Å². The Morgan fingerprint density at radius 1 is 1.04 bits per heavy atom. The summed E-state index contributed by atoms with van der Waals surface area (Å²) in [5.74, 6) is -2.63. The standard InChI is InChI=1S/C18H19N3O4S/c22-15(21-18-19-9-10-26-18)11-5-7-12(8-6-11)20-16(23)13-3-1-2-4-14(13)17(24)25/h5-10,13-14H,1-4H2,(H,20,23)(H,24,25)(H,19,21,22)/t13-,14-/m0/s1. The molecule has 26 heavy (non-hydrogen) atoms. The molecule has 1 aliphatic rings. The van der Waals surface area contributed by atoms with E-state index in [4.69, 9.17) is 0 Å². The van der Waals surface area contributed by atoms with Gasteiger partial charge in [0.05, 0.1) is 11.8 Å². The first-order chi connectivity index (χ1) is 12.5. The normalized spacial score (nSPS) is 19.5. The maximum atomic E-state index is 12.5. The van der Waals surface area contributed by atoms with E-state index in [1.54, 1.807) is 35.8 Å². The molecule has 2 amide bonds. The number of nitrogens with one attached hydrogen (secondary N) is 2. The molecule has 1 aliphatic carbocycles. The zero-order valence-electron chi connectivity index (χ0n) is 14.0. The van der Waals surface area contributed by atoms with Crippen molar-refractivity contribution in [2.45, 2.75) is 25.7 Å². The number of aliphatic carboxylic acids is 1. The molecule has 0 unspecified atom stereocenters. The lowest BCUT2D eigenvalue weighted by Crippen LogP contribution is -2.36. The van der Waals surface area contributed by atoms with Crippen molar-refractivity contribution in [2.75, 3.05) is 10.6 Å². The second kappa shape index (κ2) is 8.09. The van der Waals surface area contributed by atoms with Gasteiger partial charge in [0.1, 0.15) is 0 Å². The first kappa shape index (κ1) is 18.1. The Kier molecular flexibility index (Phi) is 5.62. The first-order valence-corrected chi connectivity index (χ1v) is 9.27. The van der Waals surface area contributed by atoms with Gasteiger partial charge in [-0.1, -0.05) is 12.8 Å². The average molecular weight is 373 g/mol. The Balaban J connectivity index is 1.62. The molecular formula is C18H19N3O4S. The summed E-state index contributed by atoms with van der Waals surface area (Å²) >= 11 is 1.33. The lowest BCUT2D eigenvalue weighted by atomic mass is 9.78. The lowest BCUT2D eigenvalue weighted by molar-refractivity contribution is -0.147. The van der Waals surface area contributed by atoms with Crippen LogP contribution in [0.5, 0.6) is 0 Å². The summed E-state index contributed by atoms with van der Waals surface area (Å²) in [4.78, 5) is 39.9. The van der Waals surface area contributed by atoms with Crippen molar-refractivity contribution in [1.82, 2.24) is 4.98 Å². The number of carboxylic acids is 1. The number of rotatable bonds is 5. The fourth-order valence-corrected chi connectivity index (χ4v) is 3.66. The molecule has 1 aromatic carbocycles. The highest BCUT2D eigenvalue weighted by atomic mass is 32.1. The van der Waals surface area contributed by atoms with Crippen LogP contribution < -0.4 is 10.6 Å². The smallest absolute Gasteiger partial charge is 0.307 e. The van der Waals surface area contributed by atoms with Crippen LogP contribution >= 0.6 is 11.3 Å². The van der Waals surface area contributed by atoms with Crippen LogP contribution in [0.15, 0.2) is 35.8 Å². The summed E-state index contributed by atoms with van der Waals surface area (Å²) in [5, 5.41) is 17.0. The summed E-state index contributed by atoms with van der Waals surface area (Å²) in [7, 11) is 0. The van der Waals surface area contributed by atoms with Gasteiger partial charge >= 0.3 is 5.97 Å². The van der Waals surface area contributed by atoms with Crippen molar-refractivity contribution in [3.05, 3.63) is 41.4 Å². The monoisotopic (exact) mass is 373 g/mol. The van der Waals surface area contributed by atoms with E-state index in [1.165, 1.54) is 11.3 Å². The van der Waals surface area contributed by atoms with E-state index in [0.29, 0.717) is 29.2 Å². The third-order valence-corrected chi connectivity index (χ3v) is 5.18. The average Bonchev–Trinajstić information content (AvgIpc) is 3.15. The van der Waals surface area contributed by atoms with E-state index in [2.05, 4.69) is 15.6 Å². The van der Waals surface area contributed by atoms with Crippen molar-refractivity contribution >= 4 is 39.9 Å². The fraction of sp³-hybridized carbons (Fsp3) is 0.333. The van der Waals surface area contributed by atoms with Crippen molar-refractivity contribution in [1.29, 1.82) is 0 Å². The highest BCUT2D eigenvalue weighted by Crippen LogP contribution is 2.31. The van der Waals surface area contributed by atoms with Crippen LogP contribution in [0.4, 0.5) is 10.8 Å². The van der Waals surface area contributed by atoms with E-state index >= 15 is 0 Å². The second-order valence-corrected chi connectivity index (χ2v) is 7.09. The Morgan fingerprint density at radius 2 is 1.73 bits per heavy atom. The minimum atomic E-state index is -0.918. The molecule has 2 aromatic rings. The van der Waals surface area contributed by atoms with Crippen LogP contribution in [0.25, 0.3) is 0 Å². The molecule has 8 heteroatoms. The molecule has 1 heterocycles. The molecule has 136 valence electrons. The summed E-state index contributed by atoms with van der Waals surface area (Å²) < 4.78 is 0. The molecule has 3 N–H and O–H groups in total. The quantitative estimate of drug-likeness (QED) is 0.746. The molecular weight excluding hydrogens is 354 g/mol. The van der Waals surface area contributed by atoms with E-state index in [1.807, 2.05) is 0 Å². The van der Waals surface area contributed by atoms with Gasteiger partial charge in [0.25, 0.3) is 5.91 Å². The van der Waals surface area contributed by atoms with Crippen molar-refractivity contribution < 1.29 is 19.5 Å². The highest BCUT2D eigenvalue weighted by molar-refractivity contribution is 7.13. The number of carboxylic acid groups (broad SMARTS) is 1. The van der Waals surface area contributed by atoms with Gasteiger partial charge in [-0.25, -0.2) is 4.98 Å². The van der Waals surface area contributed by atoms with Crippen LogP contribution in [0.3, 0.4) is 0 Å². The zero-order chi connectivity index (χ0) is 18.5. The van der Waals surface area contributed by atoms with Crippen molar-refractivity contribution in [3.63, 3.8) is 0 Å². The van der Waals surface area contributed by atoms with E-state index in [-0.39, 0.29) is 11.8 Å². The number of thiazole rings is 1. The Bertz CT molecular complexity index is 789. The lowest BCUT2D eigenvalue weighted by Gasteiger charge is -2.27. The summed E-state index contributed by atoms with van der Waals surface area (Å²) in [6.45, 7) is 0. The van der Waals surface area contributed by atoms with Gasteiger partial charge in [0, 0.05) is 22.8 Å². The minimum absolute atomic E-state index is 0.280. The molecule has 0 aliphatic heterocycles. The predicted molar refractivity (Wildman–Crippen MR) is 98.2 cm³/mol. The molecule has 0 spiro atoms. The van der Waals surface area contributed by atoms with Gasteiger partial charge in [-0.2, -0.15) is 0 Å². The minimum Gasteiger partial charge on any atom is -0.481 e. The zero-order valence-corrected chi connectivity index (χ0v) is 14.8. The van der Waals surface area contributed by atoms with E-state index in [0.717, 1.165) is 12.8 Å². The first-order valence-electron chi connectivity index (χ1n) is 8.39. The molecule has 1 aromatic heterocycles. The molecule has 7 nitrogen and oxygen atoms in total. The Hall–Kier alpha value is -2.74. The number of carbonyl (C=O) groups excluding carboxylic acids is 2. The van der Waals surface area contributed by atoms with Gasteiger partial charge in [-0.05, 0) is 37.1 Å². The van der Waals surface area contributed by atoms with Gasteiger partial charge in [0.2, 0.25) is 5.91 Å². The molecule has 3 rings (SSSR count). The number of nitrogens with zero attached hydrogens (tertiary/aromatic N) is 1. The number of amides is 2. The van der Waals surface area contributed by atoms with E-state index < -0.39 is 17.8 Å². The van der Waals surface area contributed by atoms with Crippen LogP contribution in [-0.4, -0.2) is 27.9 Å². The van der Waals surface area contributed by atoms with Crippen molar-refractivity contribution in [3.8, 4) is 0 Å². The number of hydrogen-bond donors (Lipinski definition) is 3. The van der Waals surface area contributed by atoms with Gasteiger partial charge in [0.15, 0.2) is 5.13 Å². The van der Waals surface area contributed by atoms with Crippen molar-refractivity contribution in [2.24, 2.45) is 11.8 Å². The van der Waals surface area contributed by atoms with Crippen LogP contribution in [0, 0.1) is 11.8 Å². The second-order valence-electron chi connectivity index (χ2n) is 6.19. The SMILES string of the molecule is O=C(Nc1nccs1)c1ccc(NC(=O)[C@H]2CCCC[C@@H]2C(=O)O)cc1. The topological polar surface area (TPSA) is 108 Å². The summed E-state index contributed by atoms with van der Waals surface area (Å²) in [6, 6.07) is 6.47. The van der Waals surface area contributed by atoms with Crippen LogP contribution in [0.1, 0.15) is 36.0 Å². The Labute approximate surface area is 154 Å². The van der Waals surface area contributed by atoms with Crippen LogP contribution in [-0.2, 0) is 9.59 Å². The molecule has 0 radical (unpaired) electrons. The molecule has 0 bridgehead atoms. The largest absolute Gasteiger partial charge is 0.481 e. The predicted octanol–water partition coefficient (Wildman–Crippen LogP) is 3.22.